The highest BCUT2D eigenvalue weighted by Gasteiger charge is 2.27. The molecule has 2 aromatic carbocycles. The van der Waals surface area contributed by atoms with Crippen molar-refractivity contribution in [3.8, 4) is 34.4 Å². The lowest BCUT2D eigenvalue weighted by Crippen LogP contribution is -2.40. The Balaban J connectivity index is 1.63. The normalized spacial score (nSPS) is 15.0. The molecule has 0 bridgehead atoms. The van der Waals surface area contributed by atoms with Crippen molar-refractivity contribution >= 4 is 10.0 Å². The number of nitrogens with zero attached hydrogens (tertiary/aromatic N) is 3. The molecule has 2 heterocycles. The maximum absolute atomic E-state index is 12.9. The first kappa shape index (κ1) is 21.3. The van der Waals surface area contributed by atoms with E-state index in [0.29, 0.717) is 61.4 Å². The van der Waals surface area contributed by atoms with Crippen LogP contribution in [0.5, 0.6) is 11.5 Å². The molecule has 164 valence electrons. The topological polar surface area (TPSA) is 104 Å². The van der Waals surface area contributed by atoms with Crippen molar-refractivity contribution in [2.24, 2.45) is 0 Å². The van der Waals surface area contributed by atoms with Crippen molar-refractivity contribution < 1.29 is 27.0 Å². The second kappa shape index (κ2) is 9.04. The number of aromatic nitrogens is 2. The molecule has 31 heavy (non-hydrogen) atoms. The average molecular weight is 445 g/mol. The summed E-state index contributed by atoms with van der Waals surface area (Å²) < 4.78 is 49.3. The zero-order valence-electron chi connectivity index (χ0n) is 17.3. The second-order valence-corrected chi connectivity index (χ2v) is 8.69. The fourth-order valence-electron chi connectivity index (χ4n) is 3.26. The van der Waals surface area contributed by atoms with Gasteiger partial charge in [0.1, 0.15) is 0 Å². The molecule has 1 aliphatic heterocycles. The number of ether oxygens (including phenoxy) is 3. The Morgan fingerprint density at radius 3 is 2.39 bits per heavy atom. The highest BCUT2D eigenvalue weighted by molar-refractivity contribution is 7.89. The molecular formula is C21H23N3O6S. The maximum atomic E-state index is 12.9. The van der Waals surface area contributed by atoms with Gasteiger partial charge in [-0.3, -0.25) is 0 Å². The fourth-order valence-corrected chi connectivity index (χ4v) is 4.71. The first-order valence-electron chi connectivity index (χ1n) is 9.86. The molecule has 1 saturated heterocycles. The Labute approximate surface area is 180 Å². The van der Waals surface area contributed by atoms with Crippen molar-refractivity contribution in [3.63, 3.8) is 0 Å². The van der Waals surface area contributed by atoms with Gasteiger partial charge in [0.25, 0.3) is 0 Å². The third-order valence-electron chi connectivity index (χ3n) is 4.82. The molecular weight excluding hydrogens is 422 g/mol. The third-order valence-corrected chi connectivity index (χ3v) is 6.72. The Kier molecular flexibility index (Phi) is 6.21. The van der Waals surface area contributed by atoms with Crippen LogP contribution in [0, 0.1) is 0 Å². The van der Waals surface area contributed by atoms with Crippen LogP contribution in [0.1, 0.15) is 6.92 Å². The molecule has 3 aromatic rings. The predicted molar refractivity (Wildman–Crippen MR) is 112 cm³/mol. The van der Waals surface area contributed by atoms with Crippen LogP contribution < -0.4 is 9.47 Å². The first-order chi connectivity index (χ1) is 15.0. The van der Waals surface area contributed by atoms with Crippen LogP contribution in [0.25, 0.3) is 22.9 Å². The largest absolute Gasteiger partial charge is 0.493 e. The van der Waals surface area contributed by atoms with Gasteiger partial charge < -0.3 is 18.6 Å². The third kappa shape index (κ3) is 4.41. The zero-order valence-corrected chi connectivity index (χ0v) is 18.1. The number of methoxy groups -OCH3 is 1. The van der Waals surface area contributed by atoms with E-state index in [1.54, 1.807) is 49.6 Å². The monoisotopic (exact) mass is 445 g/mol. The molecule has 0 amide bonds. The average Bonchev–Trinajstić information content (AvgIpc) is 3.30. The molecule has 9 nitrogen and oxygen atoms in total. The van der Waals surface area contributed by atoms with E-state index in [1.807, 2.05) is 6.92 Å². The Morgan fingerprint density at radius 2 is 1.71 bits per heavy atom. The number of hydrogen-bond donors (Lipinski definition) is 0. The molecule has 0 unspecified atom stereocenters. The summed E-state index contributed by atoms with van der Waals surface area (Å²) in [6, 6.07) is 11.8. The van der Waals surface area contributed by atoms with Crippen LogP contribution in [0.3, 0.4) is 0 Å². The van der Waals surface area contributed by atoms with Crippen molar-refractivity contribution in [2.45, 2.75) is 11.8 Å². The van der Waals surface area contributed by atoms with E-state index >= 15 is 0 Å². The quantitative estimate of drug-likeness (QED) is 0.547. The van der Waals surface area contributed by atoms with Gasteiger partial charge in [-0.15, -0.1) is 10.2 Å². The molecule has 0 atom stereocenters. The maximum Gasteiger partial charge on any atom is 0.248 e. The SMILES string of the molecule is CCOc1cc(-c2nnc(-c3cccc(S(=O)(=O)N4CCOCC4)c3)o2)ccc1OC. The minimum Gasteiger partial charge on any atom is -0.493 e. The standard InChI is InChI=1S/C21H23N3O6S/c1-3-29-19-14-16(7-8-18(19)27-2)21-23-22-20(30-21)15-5-4-6-17(13-15)31(25,26)24-9-11-28-12-10-24/h4-8,13-14H,3,9-12H2,1-2H3. The molecule has 0 spiro atoms. The summed E-state index contributed by atoms with van der Waals surface area (Å²) in [7, 11) is -2.05. The Bertz CT molecular complexity index is 1160. The molecule has 1 fully saturated rings. The lowest BCUT2D eigenvalue weighted by molar-refractivity contribution is 0.0730. The van der Waals surface area contributed by atoms with Gasteiger partial charge in [0.15, 0.2) is 11.5 Å². The minimum absolute atomic E-state index is 0.176. The Hall–Kier alpha value is -2.95. The van der Waals surface area contributed by atoms with E-state index < -0.39 is 10.0 Å². The summed E-state index contributed by atoms with van der Waals surface area (Å²) in [6.45, 7) is 3.80. The highest BCUT2D eigenvalue weighted by Crippen LogP contribution is 2.33. The van der Waals surface area contributed by atoms with E-state index in [9.17, 15) is 8.42 Å². The first-order valence-corrected chi connectivity index (χ1v) is 11.3. The van der Waals surface area contributed by atoms with Gasteiger partial charge in [0.2, 0.25) is 21.8 Å². The molecule has 4 rings (SSSR count). The van der Waals surface area contributed by atoms with Gasteiger partial charge in [-0.1, -0.05) is 6.07 Å². The van der Waals surface area contributed by atoms with Gasteiger partial charge in [-0.25, -0.2) is 8.42 Å². The lowest BCUT2D eigenvalue weighted by Gasteiger charge is -2.26. The summed E-state index contributed by atoms with van der Waals surface area (Å²) in [5.74, 6) is 1.69. The van der Waals surface area contributed by atoms with E-state index in [2.05, 4.69) is 10.2 Å². The number of benzene rings is 2. The number of rotatable bonds is 7. The molecule has 0 aliphatic carbocycles. The van der Waals surface area contributed by atoms with Crippen LogP contribution >= 0.6 is 0 Å². The summed E-state index contributed by atoms with van der Waals surface area (Å²) in [5, 5.41) is 8.21. The summed E-state index contributed by atoms with van der Waals surface area (Å²) >= 11 is 0. The van der Waals surface area contributed by atoms with Crippen molar-refractivity contribution in [1.29, 1.82) is 0 Å². The highest BCUT2D eigenvalue weighted by atomic mass is 32.2. The van der Waals surface area contributed by atoms with E-state index in [0.717, 1.165) is 0 Å². The van der Waals surface area contributed by atoms with E-state index in [1.165, 1.54) is 4.31 Å². The molecule has 10 heteroatoms. The van der Waals surface area contributed by atoms with Gasteiger partial charge in [-0.05, 0) is 43.3 Å². The number of hydrogen-bond acceptors (Lipinski definition) is 8. The zero-order chi connectivity index (χ0) is 21.8. The van der Waals surface area contributed by atoms with Crippen LogP contribution in [-0.4, -0.2) is 62.9 Å². The molecule has 0 saturated carbocycles. The van der Waals surface area contributed by atoms with Crippen molar-refractivity contribution in [3.05, 3.63) is 42.5 Å². The van der Waals surface area contributed by atoms with Crippen LogP contribution in [-0.2, 0) is 14.8 Å². The minimum atomic E-state index is -3.62. The number of sulfonamides is 1. The Morgan fingerprint density at radius 1 is 1.00 bits per heavy atom. The molecule has 1 aromatic heterocycles. The van der Waals surface area contributed by atoms with Crippen LogP contribution in [0.4, 0.5) is 0 Å². The molecule has 0 N–H and O–H groups in total. The van der Waals surface area contributed by atoms with Crippen molar-refractivity contribution in [1.82, 2.24) is 14.5 Å². The lowest BCUT2D eigenvalue weighted by atomic mass is 10.2. The number of morpholine rings is 1. The van der Waals surface area contributed by atoms with Gasteiger partial charge in [0, 0.05) is 24.2 Å². The van der Waals surface area contributed by atoms with Crippen molar-refractivity contribution in [2.75, 3.05) is 40.0 Å². The van der Waals surface area contributed by atoms with Gasteiger partial charge in [0.05, 0.1) is 31.8 Å². The van der Waals surface area contributed by atoms with Crippen LogP contribution in [0.2, 0.25) is 0 Å². The van der Waals surface area contributed by atoms with Gasteiger partial charge in [-0.2, -0.15) is 4.31 Å². The molecule has 1 aliphatic rings. The summed E-state index contributed by atoms with van der Waals surface area (Å²) in [6.07, 6.45) is 0. The van der Waals surface area contributed by atoms with Gasteiger partial charge >= 0.3 is 0 Å². The van der Waals surface area contributed by atoms with Crippen LogP contribution in [0.15, 0.2) is 51.8 Å². The van der Waals surface area contributed by atoms with E-state index in [-0.39, 0.29) is 10.8 Å². The second-order valence-electron chi connectivity index (χ2n) is 6.76. The summed E-state index contributed by atoms with van der Waals surface area (Å²) in [5.41, 5.74) is 1.19. The van der Waals surface area contributed by atoms with E-state index in [4.69, 9.17) is 18.6 Å². The molecule has 0 radical (unpaired) electrons. The predicted octanol–water partition coefficient (Wildman–Crippen LogP) is 2.83. The summed E-state index contributed by atoms with van der Waals surface area (Å²) in [4.78, 5) is 0.176. The smallest absolute Gasteiger partial charge is 0.248 e. The fraction of sp³-hybridized carbons (Fsp3) is 0.333.